The molecule has 0 heterocycles. The van der Waals surface area contributed by atoms with Gasteiger partial charge in [-0.3, -0.25) is 0 Å². The molecule has 0 aromatic heterocycles. The minimum absolute atomic E-state index is 0. The largest absolute Gasteiger partial charge is 0.147 e. The normalized spacial score (nSPS) is 22.1. The molecule has 2 aliphatic rings. The molecule has 2 unspecified atom stereocenters. The molecule has 0 radical (unpaired) electrons. The van der Waals surface area contributed by atoms with Gasteiger partial charge in [-0.2, -0.15) is 0 Å². The Balaban J connectivity index is 0.00000272. The summed E-state index contributed by atoms with van der Waals surface area (Å²) in [6.07, 6.45) is 5.18. The Labute approximate surface area is 218 Å². The van der Waals surface area contributed by atoms with Gasteiger partial charge in [-0.1, -0.05) is 0 Å². The Morgan fingerprint density at radius 3 is 1.30 bits per heavy atom. The van der Waals surface area contributed by atoms with Crippen LogP contribution in [0.1, 0.15) is 69.2 Å². The third kappa shape index (κ3) is 4.93. The van der Waals surface area contributed by atoms with Gasteiger partial charge < -0.3 is 0 Å². The minimum Gasteiger partial charge on any atom is -0.147 e. The van der Waals surface area contributed by atoms with Crippen molar-refractivity contribution in [1.29, 1.82) is 0 Å². The van der Waals surface area contributed by atoms with Crippen LogP contribution < -0.4 is 3.32 Å². The van der Waals surface area contributed by atoms with E-state index in [0.717, 1.165) is 0 Å². The van der Waals surface area contributed by atoms with Crippen molar-refractivity contribution in [3.63, 3.8) is 0 Å². The maximum atomic E-state index is 2.74. The van der Waals surface area contributed by atoms with Gasteiger partial charge in [0.05, 0.1) is 0 Å². The molecule has 33 heavy (non-hydrogen) atoms. The molecule has 1 aromatic carbocycles. The van der Waals surface area contributed by atoms with Crippen LogP contribution in [0.25, 0.3) is 0 Å². The Hall–Kier alpha value is -0.153. The standard InChI is InChI=1S/2C11H17.C6H5.CH3.2ClH.Hf.H2Si/c2*1-8-6-9(2)10(7-8)11(3,4)5;1-2-4-6-5-3-1;;;;;/h2*7-8H,1-5H3;1-5H;1H3;2*1H;;1H2. The van der Waals surface area contributed by atoms with Gasteiger partial charge in [-0.15, -0.1) is 24.8 Å². The molecule has 2 aliphatic carbocycles. The maximum Gasteiger partial charge on any atom is -0.147 e. The summed E-state index contributed by atoms with van der Waals surface area (Å²) in [5.41, 5.74) is 6.68. The van der Waals surface area contributed by atoms with Crippen LogP contribution in [0.2, 0.25) is 4.68 Å². The molecule has 0 saturated carbocycles. The molecule has 0 saturated heterocycles. The van der Waals surface area contributed by atoms with Gasteiger partial charge >= 0.3 is 195 Å². The Kier molecular flexibility index (Phi) is 9.09. The minimum atomic E-state index is -3.95. The summed E-state index contributed by atoms with van der Waals surface area (Å²) in [5, 5.41) is 0. The van der Waals surface area contributed by atoms with Crippen LogP contribution in [0.3, 0.4) is 0 Å². The average Bonchev–Trinajstić information content (AvgIpc) is 3.12. The molecule has 0 spiro atoms. The van der Waals surface area contributed by atoms with E-state index in [4.69, 9.17) is 0 Å². The first kappa shape index (κ1) is 30.9. The molecular formula is C29H46Cl2HfSi. The summed E-state index contributed by atoms with van der Waals surface area (Å²) in [5.74, 6) is 1.02. The zero-order chi connectivity index (χ0) is 23.6. The zero-order valence-corrected chi connectivity index (χ0v) is 29.4. The zero-order valence-electron chi connectivity index (χ0n) is 22.7. The fourth-order valence-corrected chi connectivity index (χ4v) is 43.6. The van der Waals surface area contributed by atoms with E-state index < -0.39 is 17.1 Å². The molecule has 2 atom stereocenters. The van der Waals surface area contributed by atoms with Crippen molar-refractivity contribution in [2.45, 2.75) is 73.9 Å². The molecule has 0 bridgehead atoms. The number of benzene rings is 1. The number of allylic oxidation sites excluding steroid dienone is 8. The van der Waals surface area contributed by atoms with Gasteiger partial charge in [0, 0.05) is 0 Å². The molecule has 3 rings (SSSR count). The SMILES string of the molecule is CC1=[C]([Hf]([CH3])(=[SiH2])([C]2=C(C)C(C(C)(C)C)=CC2C)[c]2ccccc2)C(C)C=C1C(C)(C)C.Cl.Cl. The van der Waals surface area contributed by atoms with Crippen LogP contribution in [-0.4, -0.2) is 6.94 Å². The Bertz CT molecular complexity index is 1040. The third-order valence-corrected chi connectivity index (χ3v) is 40.8. The summed E-state index contributed by atoms with van der Waals surface area (Å²) >= 11 is -3.95. The number of hydrogen-bond donors (Lipinski definition) is 0. The smallest absolute Gasteiger partial charge is 0.147 e. The van der Waals surface area contributed by atoms with E-state index in [1.807, 2.05) is 0 Å². The molecule has 0 aliphatic heterocycles. The molecular weight excluding hydrogens is 626 g/mol. The summed E-state index contributed by atoms with van der Waals surface area (Å²) in [7, 11) is 0. The van der Waals surface area contributed by atoms with E-state index >= 15 is 0 Å². The maximum absolute atomic E-state index is 3.95. The van der Waals surface area contributed by atoms with Crippen molar-refractivity contribution in [2.75, 3.05) is 0 Å². The first-order chi connectivity index (χ1) is 14.0. The molecule has 0 N–H and O–H groups in total. The van der Waals surface area contributed by atoms with Crippen molar-refractivity contribution >= 4 is 35.1 Å². The van der Waals surface area contributed by atoms with Crippen LogP contribution in [0.15, 0.2) is 71.4 Å². The van der Waals surface area contributed by atoms with E-state index in [1.165, 1.54) is 0 Å². The fraction of sp³-hybridized carbons (Fsp3) is 0.517. The fourth-order valence-electron chi connectivity index (χ4n) is 7.11. The van der Waals surface area contributed by atoms with Crippen molar-refractivity contribution in [3.05, 3.63) is 71.4 Å². The predicted octanol–water partition coefficient (Wildman–Crippen LogP) is 8.23. The van der Waals surface area contributed by atoms with E-state index in [1.54, 1.807) is 32.3 Å². The molecule has 4 heteroatoms. The summed E-state index contributed by atoms with van der Waals surface area (Å²) < 4.78 is 7.98. The molecule has 184 valence electrons. The van der Waals surface area contributed by atoms with Crippen LogP contribution in [0, 0.1) is 22.7 Å². The van der Waals surface area contributed by atoms with Gasteiger partial charge in [-0.05, 0) is 0 Å². The van der Waals surface area contributed by atoms with Crippen LogP contribution in [0.5, 0.6) is 0 Å². The second kappa shape index (κ2) is 9.72. The molecule has 0 amide bonds. The summed E-state index contributed by atoms with van der Waals surface area (Å²) in [6.45, 7) is 26.5. The topological polar surface area (TPSA) is 0 Å². The number of halogens is 2. The average molecular weight is 672 g/mol. The van der Waals surface area contributed by atoms with Crippen LogP contribution in [0.4, 0.5) is 0 Å². The monoisotopic (exact) mass is 672 g/mol. The van der Waals surface area contributed by atoms with Gasteiger partial charge in [0.2, 0.25) is 0 Å². The summed E-state index contributed by atoms with van der Waals surface area (Å²) in [4.78, 5) is 0. The number of rotatable bonds is 3. The second-order valence-electron chi connectivity index (χ2n) is 12.7. The van der Waals surface area contributed by atoms with Crippen LogP contribution >= 0.6 is 24.8 Å². The van der Waals surface area contributed by atoms with E-state index in [-0.39, 0.29) is 35.6 Å². The molecule has 0 nitrogen and oxygen atoms in total. The van der Waals surface area contributed by atoms with Crippen molar-refractivity contribution in [3.8, 4) is 0 Å². The van der Waals surface area contributed by atoms with E-state index in [2.05, 4.69) is 123 Å². The van der Waals surface area contributed by atoms with Crippen molar-refractivity contribution in [2.24, 2.45) is 22.7 Å². The van der Waals surface area contributed by atoms with Gasteiger partial charge in [-0.25, -0.2) is 0 Å². The van der Waals surface area contributed by atoms with Crippen molar-refractivity contribution < 1.29 is 17.1 Å². The third-order valence-electron chi connectivity index (χ3n) is 7.99. The van der Waals surface area contributed by atoms with Gasteiger partial charge in [0.25, 0.3) is 0 Å². The van der Waals surface area contributed by atoms with E-state index in [0.29, 0.717) is 11.8 Å². The first-order valence-electron chi connectivity index (χ1n) is 12.0. The van der Waals surface area contributed by atoms with E-state index in [9.17, 15) is 0 Å². The van der Waals surface area contributed by atoms with Gasteiger partial charge in [0.15, 0.2) is 0 Å². The van der Waals surface area contributed by atoms with Crippen LogP contribution in [-0.2, 0) is 17.1 Å². The Morgan fingerprint density at radius 1 is 0.697 bits per heavy atom. The van der Waals surface area contributed by atoms with Gasteiger partial charge in [0.1, 0.15) is 0 Å². The first-order valence-corrected chi connectivity index (χ1v) is 29.3. The second-order valence-corrected chi connectivity index (χ2v) is 47.5. The predicted molar refractivity (Wildman–Crippen MR) is 154 cm³/mol. The molecule has 1 aromatic rings. The summed E-state index contributed by atoms with van der Waals surface area (Å²) in [6, 6.07) is 11.6. The molecule has 0 fully saturated rings. The Morgan fingerprint density at radius 2 is 1.03 bits per heavy atom. The quantitative estimate of drug-likeness (QED) is 0.284. The van der Waals surface area contributed by atoms with Crippen molar-refractivity contribution in [1.82, 2.24) is 0 Å². The number of hydrogen-bond acceptors (Lipinski definition) is 0.